The van der Waals surface area contributed by atoms with Crippen LogP contribution in [0.3, 0.4) is 0 Å². The Bertz CT molecular complexity index is 1170. The zero-order chi connectivity index (χ0) is 26.1. The highest BCUT2D eigenvalue weighted by atomic mass is 14.8. The standard InChI is InChI=1S/C35H52N2/c1-21(2)9-8-10-22(3)27-13-14-28-26-12-11-25-19-32-33(20-35(25,7)29(26)15-16-34(27,28)6)37-31-18-24(5)23(4)17-30(31)36-32/h17-18,21-22,25-29H,8-16,19-20H2,1-7H3. The molecule has 8 atom stereocenters. The van der Waals surface area contributed by atoms with Gasteiger partial charge >= 0.3 is 0 Å². The summed E-state index contributed by atoms with van der Waals surface area (Å²) in [7, 11) is 0. The summed E-state index contributed by atoms with van der Waals surface area (Å²) < 4.78 is 0. The first-order valence-electron chi connectivity index (χ1n) is 15.9. The lowest BCUT2D eigenvalue weighted by atomic mass is 9.44. The van der Waals surface area contributed by atoms with Crippen LogP contribution in [0.15, 0.2) is 12.1 Å². The Balaban J connectivity index is 1.24. The van der Waals surface area contributed by atoms with Gasteiger partial charge in [-0.25, -0.2) is 9.97 Å². The van der Waals surface area contributed by atoms with Gasteiger partial charge in [-0.05, 0) is 141 Å². The Labute approximate surface area is 226 Å². The van der Waals surface area contributed by atoms with Crippen molar-refractivity contribution in [3.05, 3.63) is 34.6 Å². The fraction of sp³-hybridized carbons (Fsp3) is 0.771. The molecular weight excluding hydrogens is 448 g/mol. The van der Waals surface area contributed by atoms with E-state index in [4.69, 9.17) is 9.97 Å². The van der Waals surface area contributed by atoms with E-state index >= 15 is 0 Å². The van der Waals surface area contributed by atoms with Crippen LogP contribution in [0.4, 0.5) is 0 Å². The van der Waals surface area contributed by atoms with Crippen molar-refractivity contribution in [2.75, 3.05) is 0 Å². The molecule has 8 unspecified atom stereocenters. The number of aromatic nitrogens is 2. The molecule has 3 fully saturated rings. The molecule has 37 heavy (non-hydrogen) atoms. The van der Waals surface area contributed by atoms with Gasteiger partial charge in [0.2, 0.25) is 0 Å². The Morgan fingerprint density at radius 2 is 1.49 bits per heavy atom. The minimum Gasteiger partial charge on any atom is -0.249 e. The second-order valence-electron chi connectivity index (χ2n) is 15.1. The molecule has 2 aromatic rings. The smallest absolute Gasteiger partial charge is 0.0893 e. The lowest BCUT2D eigenvalue weighted by Crippen LogP contribution is -2.54. The van der Waals surface area contributed by atoms with Crippen molar-refractivity contribution in [3.8, 4) is 0 Å². The van der Waals surface area contributed by atoms with E-state index in [1.165, 1.54) is 80.3 Å². The number of nitrogens with zero attached hydrogens (tertiary/aromatic N) is 2. The van der Waals surface area contributed by atoms with Crippen molar-refractivity contribution < 1.29 is 0 Å². The Hall–Kier alpha value is -1.44. The van der Waals surface area contributed by atoms with Gasteiger partial charge < -0.3 is 0 Å². The Morgan fingerprint density at radius 3 is 2.19 bits per heavy atom. The normalized spacial score (nSPS) is 37.7. The molecule has 1 aromatic heterocycles. The van der Waals surface area contributed by atoms with E-state index in [1.807, 2.05) is 0 Å². The minimum absolute atomic E-state index is 0.403. The molecule has 0 saturated heterocycles. The van der Waals surface area contributed by atoms with Crippen molar-refractivity contribution in [2.45, 2.75) is 119 Å². The van der Waals surface area contributed by atoms with Gasteiger partial charge in [-0.1, -0.05) is 53.9 Å². The molecular formula is C35H52N2. The van der Waals surface area contributed by atoms with E-state index in [0.29, 0.717) is 10.8 Å². The molecule has 0 bridgehead atoms. The molecule has 4 aliphatic carbocycles. The average Bonchev–Trinajstić information content (AvgIpc) is 3.19. The van der Waals surface area contributed by atoms with Crippen LogP contribution in [0.25, 0.3) is 11.0 Å². The lowest BCUT2D eigenvalue weighted by Gasteiger charge is -2.60. The summed E-state index contributed by atoms with van der Waals surface area (Å²) in [5.41, 5.74) is 8.50. The van der Waals surface area contributed by atoms with Crippen LogP contribution < -0.4 is 0 Å². The maximum Gasteiger partial charge on any atom is 0.0893 e. The van der Waals surface area contributed by atoms with Gasteiger partial charge in [0, 0.05) is 0 Å². The molecule has 4 aliphatic rings. The zero-order valence-electron chi connectivity index (χ0n) is 24.9. The van der Waals surface area contributed by atoms with E-state index in [-0.39, 0.29) is 0 Å². The SMILES string of the molecule is Cc1cc2nc3c(nc2cc1C)CC1(C)C(CCC2C1CCC1(C)C(C(C)CCCC(C)C)CCC21)C3. The quantitative estimate of drug-likeness (QED) is 0.409. The molecule has 2 heteroatoms. The van der Waals surface area contributed by atoms with Crippen molar-refractivity contribution in [1.82, 2.24) is 9.97 Å². The highest BCUT2D eigenvalue weighted by Crippen LogP contribution is 2.67. The van der Waals surface area contributed by atoms with E-state index in [2.05, 4.69) is 60.6 Å². The van der Waals surface area contributed by atoms with Crippen LogP contribution in [0, 0.1) is 66.1 Å². The largest absolute Gasteiger partial charge is 0.249 e. The summed E-state index contributed by atoms with van der Waals surface area (Å²) in [6.45, 7) is 17.2. The van der Waals surface area contributed by atoms with Crippen LogP contribution >= 0.6 is 0 Å². The summed E-state index contributed by atoms with van der Waals surface area (Å²) in [6, 6.07) is 4.52. The number of rotatable bonds is 5. The Kier molecular flexibility index (Phi) is 6.52. The van der Waals surface area contributed by atoms with Gasteiger partial charge in [-0.2, -0.15) is 0 Å². The van der Waals surface area contributed by atoms with Crippen LogP contribution in [0.1, 0.15) is 115 Å². The van der Waals surface area contributed by atoms with Gasteiger partial charge in [-0.15, -0.1) is 0 Å². The third kappa shape index (κ3) is 4.19. The topological polar surface area (TPSA) is 25.8 Å². The first-order chi connectivity index (χ1) is 17.6. The van der Waals surface area contributed by atoms with Crippen molar-refractivity contribution in [2.24, 2.45) is 52.3 Å². The van der Waals surface area contributed by atoms with E-state index in [9.17, 15) is 0 Å². The van der Waals surface area contributed by atoms with Crippen molar-refractivity contribution in [1.29, 1.82) is 0 Å². The van der Waals surface area contributed by atoms with E-state index in [1.54, 1.807) is 0 Å². The number of hydrogen-bond acceptors (Lipinski definition) is 2. The third-order valence-electron chi connectivity index (χ3n) is 12.7. The molecule has 0 radical (unpaired) electrons. The highest BCUT2D eigenvalue weighted by molar-refractivity contribution is 5.76. The van der Waals surface area contributed by atoms with Crippen LogP contribution in [-0.4, -0.2) is 9.97 Å². The molecule has 0 aliphatic heterocycles. The van der Waals surface area contributed by atoms with Crippen LogP contribution in [0.2, 0.25) is 0 Å². The summed E-state index contributed by atoms with van der Waals surface area (Å²) in [6.07, 6.45) is 15.4. The lowest BCUT2D eigenvalue weighted by molar-refractivity contribution is -0.104. The monoisotopic (exact) mass is 500 g/mol. The summed E-state index contributed by atoms with van der Waals surface area (Å²) in [5.74, 6) is 6.26. The predicted molar refractivity (Wildman–Crippen MR) is 156 cm³/mol. The summed E-state index contributed by atoms with van der Waals surface area (Å²) in [4.78, 5) is 10.5. The molecule has 202 valence electrons. The molecule has 3 saturated carbocycles. The van der Waals surface area contributed by atoms with Crippen molar-refractivity contribution >= 4 is 11.0 Å². The number of benzene rings is 1. The minimum atomic E-state index is 0.403. The van der Waals surface area contributed by atoms with Gasteiger partial charge in [0.05, 0.1) is 22.4 Å². The second-order valence-corrected chi connectivity index (χ2v) is 15.1. The summed E-state index contributed by atoms with van der Waals surface area (Å²) in [5, 5.41) is 0. The second kappa shape index (κ2) is 9.34. The van der Waals surface area contributed by atoms with Crippen LogP contribution in [0.5, 0.6) is 0 Å². The van der Waals surface area contributed by atoms with E-state index < -0.39 is 0 Å². The van der Waals surface area contributed by atoms with Gasteiger partial charge in [-0.3, -0.25) is 0 Å². The molecule has 1 heterocycles. The van der Waals surface area contributed by atoms with Gasteiger partial charge in [0.15, 0.2) is 0 Å². The Morgan fingerprint density at radius 1 is 0.811 bits per heavy atom. The van der Waals surface area contributed by atoms with Crippen LogP contribution in [-0.2, 0) is 12.8 Å². The third-order valence-corrected chi connectivity index (χ3v) is 12.7. The molecule has 1 aromatic carbocycles. The molecule has 6 rings (SSSR count). The molecule has 0 amide bonds. The predicted octanol–water partition coefficient (Wildman–Crippen LogP) is 9.28. The first-order valence-corrected chi connectivity index (χ1v) is 15.9. The number of hydrogen-bond donors (Lipinski definition) is 0. The maximum absolute atomic E-state index is 5.29. The number of aryl methyl sites for hydroxylation is 2. The van der Waals surface area contributed by atoms with E-state index in [0.717, 1.165) is 65.3 Å². The van der Waals surface area contributed by atoms with Gasteiger partial charge in [0.25, 0.3) is 0 Å². The number of fused-ring (bicyclic) bond motifs is 7. The molecule has 0 N–H and O–H groups in total. The summed E-state index contributed by atoms with van der Waals surface area (Å²) >= 11 is 0. The molecule has 0 spiro atoms. The maximum atomic E-state index is 5.29. The van der Waals surface area contributed by atoms with Gasteiger partial charge in [0.1, 0.15) is 0 Å². The zero-order valence-corrected chi connectivity index (χ0v) is 24.9. The highest BCUT2D eigenvalue weighted by Gasteiger charge is 2.60. The average molecular weight is 501 g/mol. The first kappa shape index (κ1) is 25.8. The fourth-order valence-corrected chi connectivity index (χ4v) is 10.5. The molecule has 2 nitrogen and oxygen atoms in total. The van der Waals surface area contributed by atoms with Crippen molar-refractivity contribution in [3.63, 3.8) is 0 Å². The fourth-order valence-electron chi connectivity index (χ4n) is 10.5.